The van der Waals surface area contributed by atoms with Crippen molar-refractivity contribution in [3.63, 3.8) is 0 Å². The van der Waals surface area contributed by atoms with Crippen molar-refractivity contribution >= 4 is 74.4 Å². The lowest BCUT2D eigenvalue weighted by atomic mass is 10.0. The molecule has 3 aromatic rings. The molecule has 0 bridgehead atoms. The summed E-state index contributed by atoms with van der Waals surface area (Å²) in [5, 5.41) is 24.1. The fourth-order valence-electron chi connectivity index (χ4n) is 6.36. The average molecular weight is 713 g/mol. The summed E-state index contributed by atoms with van der Waals surface area (Å²) in [5.41, 5.74) is 7.64. The van der Waals surface area contributed by atoms with Crippen LogP contribution in [-0.4, -0.2) is 95.0 Å². The number of nitrogens with zero attached hydrogens (tertiary/aromatic N) is 5. The van der Waals surface area contributed by atoms with Crippen LogP contribution in [0.4, 0.5) is 9.52 Å². The summed E-state index contributed by atoms with van der Waals surface area (Å²) in [7, 11) is 3.29. The standard InChI is InChI=1S/C31H33FN8O5S3/c1-38-8-6-34-11-22(38)17-10-21-18(9-19(17)32)23(5-7-39(21)16-3-4-16)46-12-15-13-47-29-25(28(42)40(29)26(15)30(43)44)36-27(41)24(37-45-2)20-14-48-31(33)35-20/h5,7,9-10,14,16,22,25,29,34H,3-4,6,8,11-13H2,1-2H3,(H3-,33,35,36,41,43,44)/b37-24-/t22?,25?,29-/m1/s1. The van der Waals surface area contributed by atoms with Crippen LogP contribution >= 0.6 is 34.9 Å². The number of β-lactam (4-membered cyclic amide) rings is 1. The van der Waals surface area contributed by atoms with Crippen molar-refractivity contribution in [2.75, 3.05) is 51.0 Å². The summed E-state index contributed by atoms with van der Waals surface area (Å²) in [5.74, 6) is -2.49. The molecule has 17 heteroatoms. The molecule has 2 amide bonds. The predicted molar refractivity (Wildman–Crippen MR) is 178 cm³/mol. The summed E-state index contributed by atoms with van der Waals surface area (Å²) < 4.78 is 18.0. The molecular weight excluding hydrogens is 680 g/mol. The van der Waals surface area contributed by atoms with E-state index >= 15 is 4.39 Å². The number of hydrogen-bond acceptors (Lipinski definition) is 13. The van der Waals surface area contributed by atoms with E-state index in [1.165, 1.54) is 35.5 Å². The number of oxime groups is 1. The minimum Gasteiger partial charge on any atom is -0.543 e. The first kappa shape index (κ1) is 32.8. The molecule has 0 spiro atoms. The highest BCUT2D eigenvalue weighted by atomic mass is 32.2. The number of amides is 2. The number of carboxylic acid groups (broad SMARTS) is 1. The Hall–Kier alpha value is -3.77. The van der Waals surface area contributed by atoms with Crippen molar-refractivity contribution in [3.05, 3.63) is 58.1 Å². The Balaban J connectivity index is 1.12. The zero-order valence-electron chi connectivity index (χ0n) is 26.1. The van der Waals surface area contributed by atoms with Gasteiger partial charge < -0.3 is 31.1 Å². The van der Waals surface area contributed by atoms with Gasteiger partial charge in [0.1, 0.15) is 30.0 Å². The van der Waals surface area contributed by atoms with Crippen molar-refractivity contribution in [1.82, 2.24) is 25.4 Å². The van der Waals surface area contributed by atoms with Gasteiger partial charge >= 0.3 is 0 Å². The lowest BCUT2D eigenvalue weighted by Gasteiger charge is -2.50. The van der Waals surface area contributed by atoms with E-state index in [0.717, 1.165) is 53.1 Å². The number of carboxylic acids is 1. The number of aromatic nitrogens is 2. The van der Waals surface area contributed by atoms with Crippen molar-refractivity contribution in [3.8, 4) is 0 Å². The van der Waals surface area contributed by atoms with E-state index in [0.29, 0.717) is 29.5 Å². The van der Waals surface area contributed by atoms with Crippen LogP contribution in [-0.2, 0) is 19.2 Å². The highest BCUT2D eigenvalue weighted by Crippen LogP contribution is 2.42. The number of aliphatic carboxylic acids is 1. The smallest absolute Gasteiger partial charge is 0.276 e. The largest absolute Gasteiger partial charge is 0.543 e. The maximum atomic E-state index is 15.8. The fourth-order valence-corrected chi connectivity index (χ4v) is 9.43. The Labute approximate surface area is 287 Å². The number of thiazole rings is 1. The van der Waals surface area contributed by atoms with Crippen molar-refractivity contribution < 1.29 is 33.3 Å². The molecule has 4 aliphatic rings. The van der Waals surface area contributed by atoms with E-state index in [-0.39, 0.29) is 39.8 Å². The molecule has 1 saturated carbocycles. The number of nitrogens with one attached hydrogen (secondary N) is 2. The number of nitrogens with two attached hydrogens (primary N) is 1. The molecule has 2 unspecified atom stereocenters. The number of pyridine rings is 1. The zero-order valence-corrected chi connectivity index (χ0v) is 28.6. The average Bonchev–Trinajstić information content (AvgIpc) is 3.83. The number of hydrogen-bond donors (Lipinski definition) is 3. The van der Waals surface area contributed by atoms with Gasteiger partial charge in [0.15, 0.2) is 23.1 Å². The second-order valence-electron chi connectivity index (χ2n) is 12.0. The van der Waals surface area contributed by atoms with Crippen LogP contribution in [0.15, 0.2) is 51.1 Å². The van der Waals surface area contributed by atoms with Gasteiger partial charge in [0.05, 0.1) is 23.1 Å². The minimum atomic E-state index is -1.47. The van der Waals surface area contributed by atoms with E-state index in [4.69, 9.17) is 10.6 Å². The van der Waals surface area contributed by atoms with Crippen LogP contribution in [0.25, 0.3) is 10.9 Å². The molecule has 2 saturated heterocycles. The normalized spacial score (nSPS) is 23.2. The maximum absolute atomic E-state index is 15.8. The number of carbonyl (C=O) groups is 3. The summed E-state index contributed by atoms with van der Waals surface area (Å²) in [6, 6.07) is 4.81. The first-order valence-corrected chi connectivity index (χ1v) is 18.3. The molecule has 4 N–H and O–H groups in total. The van der Waals surface area contributed by atoms with Gasteiger partial charge in [0, 0.05) is 72.0 Å². The van der Waals surface area contributed by atoms with Gasteiger partial charge in [-0.05, 0) is 18.7 Å². The van der Waals surface area contributed by atoms with Crippen LogP contribution in [0.2, 0.25) is 0 Å². The molecule has 13 nitrogen and oxygen atoms in total. The van der Waals surface area contributed by atoms with Gasteiger partial charge in [-0.1, -0.05) is 5.16 Å². The Morgan fingerprint density at radius 1 is 1.35 bits per heavy atom. The molecule has 3 aliphatic heterocycles. The lowest BCUT2D eigenvalue weighted by Crippen LogP contribution is -2.71. The summed E-state index contributed by atoms with van der Waals surface area (Å²) in [4.78, 5) is 51.8. The molecule has 252 valence electrons. The minimum absolute atomic E-state index is 0.0808. The second-order valence-corrected chi connectivity index (χ2v) is 15.0. The Morgan fingerprint density at radius 3 is 2.85 bits per heavy atom. The molecule has 3 atom stereocenters. The zero-order chi connectivity index (χ0) is 33.7. The highest BCUT2D eigenvalue weighted by molar-refractivity contribution is 8.01. The first-order chi connectivity index (χ1) is 23.2. The van der Waals surface area contributed by atoms with Gasteiger partial charge in [-0.3, -0.25) is 19.4 Å². The lowest BCUT2D eigenvalue weighted by molar-refractivity contribution is -0.675. The third-order valence-electron chi connectivity index (χ3n) is 8.95. The van der Waals surface area contributed by atoms with E-state index in [1.54, 1.807) is 11.4 Å². The number of rotatable bonds is 10. The van der Waals surface area contributed by atoms with Crippen LogP contribution < -0.4 is 26.0 Å². The van der Waals surface area contributed by atoms with E-state index in [2.05, 4.69) is 30.2 Å². The summed E-state index contributed by atoms with van der Waals surface area (Å²) in [6.45, 7) is 2.35. The first-order valence-electron chi connectivity index (χ1n) is 15.4. The number of likely N-dealkylation sites (N-methyl/N-ethyl adjacent to an activating group) is 1. The number of benzene rings is 1. The summed E-state index contributed by atoms with van der Waals surface area (Å²) in [6.07, 6.45) is 4.16. The van der Waals surface area contributed by atoms with Gasteiger partial charge in [-0.2, -0.15) is 4.57 Å². The number of nitrogen functional groups attached to an aromatic ring is 1. The van der Waals surface area contributed by atoms with Gasteiger partial charge in [0.25, 0.3) is 11.8 Å². The van der Waals surface area contributed by atoms with Gasteiger partial charge in [-0.15, -0.1) is 34.9 Å². The molecule has 0 radical (unpaired) electrons. The van der Waals surface area contributed by atoms with Gasteiger partial charge in [0.2, 0.25) is 5.52 Å². The predicted octanol–water partition coefficient (Wildman–Crippen LogP) is 0.763. The van der Waals surface area contributed by atoms with Crippen LogP contribution in [0.5, 0.6) is 0 Å². The van der Waals surface area contributed by atoms with E-state index < -0.39 is 29.2 Å². The van der Waals surface area contributed by atoms with Crippen LogP contribution in [0.1, 0.15) is 36.2 Å². The van der Waals surface area contributed by atoms with Crippen LogP contribution in [0, 0.1) is 5.82 Å². The van der Waals surface area contributed by atoms with E-state index in [9.17, 15) is 19.5 Å². The van der Waals surface area contributed by atoms with Crippen molar-refractivity contribution in [2.24, 2.45) is 5.16 Å². The Kier molecular flexibility index (Phi) is 9.06. The number of carbonyl (C=O) groups excluding carboxylic acids is 3. The molecule has 1 aliphatic carbocycles. The number of fused-ring (bicyclic) bond motifs is 2. The second kappa shape index (κ2) is 13.3. The van der Waals surface area contributed by atoms with Crippen molar-refractivity contribution in [2.45, 2.75) is 41.2 Å². The quantitative estimate of drug-likeness (QED) is 0.0893. The molecule has 7 rings (SSSR count). The molecule has 48 heavy (non-hydrogen) atoms. The monoisotopic (exact) mass is 712 g/mol. The number of halogens is 1. The van der Waals surface area contributed by atoms with E-state index in [1.807, 2.05) is 25.4 Å². The number of anilines is 1. The SMILES string of the molecule is CO/N=C(\C(=O)NC1C(=O)N2C(C(=O)[O-])=C(CSc3cc[n+](C4CC4)c4cc(C5CNCCN5C)c(F)cc34)CS[C@H]12)c1csc(N)n1. The number of piperazine rings is 1. The fraction of sp³-hybridized carbons (Fsp3) is 0.419. The third kappa shape index (κ3) is 6.02. The molecule has 3 fully saturated rings. The highest BCUT2D eigenvalue weighted by Gasteiger charge is 2.53. The molecule has 5 heterocycles. The Bertz CT molecular complexity index is 1880. The third-order valence-corrected chi connectivity index (χ3v) is 12.1. The molecule has 2 aromatic heterocycles. The molecular formula is C31H33FN8O5S3. The maximum Gasteiger partial charge on any atom is 0.276 e. The Morgan fingerprint density at radius 2 is 2.17 bits per heavy atom. The number of thioether (sulfide) groups is 2. The summed E-state index contributed by atoms with van der Waals surface area (Å²) >= 11 is 3.86. The topological polar surface area (TPSA) is 169 Å². The molecule has 1 aromatic carbocycles. The van der Waals surface area contributed by atoms with Crippen LogP contribution in [0.3, 0.4) is 0 Å². The van der Waals surface area contributed by atoms with Gasteiger partial charge in [-0.25, -0.2) is 9.37 Å². The van der Waals surface area contributed by atoms with Crippen molar-refractivity contribution in [1.29, 1.82) is 0 Å².